The molecule has 2 aliphatic rings. The van der Waals surface area contributed by atoms with Crippen molar-refractivity contribution >= 4 is 15.9 Å². The summed E-state index contributed by atoms with van der Waals surface area (Å²) < 4.78 is 0. The maximum Gasteiger partial charge on any atom is 0.0176 e. The lowest BCUT2D eigenvalue weighted by atomic mass is 9.71. The maximum atomic E-state index is 3.88. The molecule has 0 aromatic heterocycles. The van der Waals surface area contributed by atoms with Crippen molar-refractivity contribution < 1.29 is 0 Å². The summed E-state index contributed by atoms with van der Waals surface area (Å²) >= 11 is 3.88. The molecule has 5 unspecified atom stereocenters. The zero-order valence-electron chi connectivity index (χ0n) is 9.51. The van der Waals surface area contributed by atoms with E-state index in [-0.39, 0.29) is 0 Å². The van der Waals surface area contributed by atoms with Gasteiger partial charge in [0, 0.05) is 4.83 Å². The molecule has 0 aromatic rings. The molecule has 82 valence electrons. The molecule has 2 fully saturated rings. The van der Waals surface area contributed by atoms with Gasteiger partial charge in [-0.3, -0.25) is 0 Å². The molecular formula is C13H23Br. The van der Waals surface area contributed by atoms with E-state index in [0.717, 1.165) is 28.5 Å². The van der Waals surface area contributed by atoms with Crippen molar-refractivity contribution in [3.63, 3.8) is 0 Å². The fourth-order valence-corrected chi connectivity index (χ4v) is 4.47. The second kappa shape index (κ2) is 4.55. The van der Waals surface area contributed by atoms with E-state index in [0.29, 0.717) is 0 Å². The Morgan fingerprint density at radius 3 is 2.29 bits per heavy atom. The number of halogens is 1. The Bertz CT molecular complexity index is 190. The van der Waals surface area contributed by atoms with Crippen molar-refractivity contribution in [2.24, 2.45) is 23.7 Å². The number of alkyl halides is 1. The standard InChI is InChI=1S/C13H23Br/c1-9-6-7-11(8-10(9)2)12-4-3-5-13(12)14/h9-13H,3-8H2,1-2H3. The average Bonchev–Trinajstić information content (AvgIpc) is 2.57. The molecule has 0 amide bonds. The lowest BCUT2D eigenvalue weighted by Gasteiger charge is -2.36. The second-order valence-electron chi connectivity index (χ2n) is 5.64. The maximum absolute atomic E-state index is 3.88. The molecule has 0 nitrogen and oxygen atoms in total. The Morgan fingerprint density at radius 2 is 1.71 bits per heavy atom. The van der Waals surface area contributed by atoms with E-state index < -0.39 is 0 Å². The first-order valence-corrected chi connectivity index (χ1v) is 7.24. The van der Waals surface area contributed by atoms with Crippen LogP contribution in [0.15, 0.2) is 0 Å². The summed E-state index contributed by atoms with van der Waals surface area (Å²) in [6.07, 6.45) is 8.84. The van der Waals surface area contributed by atoms with E-state index in [4.69, 9.17) is 0 Å². The van der Waals surface area contributed by atoms with Gasteiger partial charge in [0.05, 0.1) is 0 Å². The highest BCUT2D eigenvalue weighted by atomic mass is 79.9. The average molecular weight is 259 g/mol. The highest BCUT2D eigenvalue weighted by Crippen LogP contribution is 2.45. The van der Waals surface area contributed by atoms with Gasteiger partial charge < -0.3 is 0 Å². The number of rotatable bonds is 1. The Hall–Kier alpha value is 0.480. The minimum Gasteiger partial charge on any atom is -0.0888 e. The molecule has 0 aliphatic heterocycles. The summed E-state index contributed by atoms with van der Waals surface area (Å²) in [5.41, 5.74) is 0. The topological polar surface area (TPSA) is 0 Å². The van der Waals surface area contributed by atoms with Crippen LogP contribution in [0.4, 0.5) is 0 Å². The molecule has 0 N–H and O–H groups in total. The van der Waals surface area contributed by atoms with Crippen molar-refractivity contribution in [1.82, 2.24) is 0 Å². The molecule has 0 spiro atoms. The highest BCUT2D eigenvalue weighted by molar-refractivity contribution is 9.09. The van der Waals surface area contributed by atoms with Crippen molar-refractivity contribution in [1.29, 1.82) is 0 Å². The third-order valence-corrected chi connectivity index (χ3v) is 5.86. The van der Waals surface area contributed by atoms with Crippen LogP contribution in [-0.4, -0.2) is 4.83 Å². The summed E-state index contributed by atoms with van der Waals surface area (Å²) in [5, 5.41) is 0. The largest absolute Gasteiger partial charge is 0.0888 e. The van der Waals surface area contributed by atoms with Gasteiger partial charge in [0.15, 0.2) is 0 Å². The van der Waals surface area contributed by atoms with Crippen molar-refractivity contribution in [2.45, 2.75) is 57.2 Å². The van der Waals surface area contributed by atoms with Crippen LogP contribution in [0.1, 0.15) is 52.4 Å². The predicted octanol–water partition coefficient (Wildman–Crippen LogP) is 4.62. The summed E-state index contributed by atoms with van der Waals surface area (Å²) in [4.78, 5) is 0.841. The van der Waals surface area contributed by atoms with E-state index in [1.807, 2.05) is 0 Å². The second-order valence-corrected chi connectivity index (χ2v) is 6.81. The van der Waals surface area contributed by atoms with Crippen LogP contribution in [0.25, 0.3) is 0 Å². The quantitative estimate of drug-likeness (QED) is 0.602. The van der Waals surface area contributed by atoms with Gasteiger partial charge in [0.1, 0.15) is 0 Å². The van der Waals surface area contributed by atoms with Gasteiger partial charge >= 0.3 is 0 Å². The van der Waals surface area contributed by atoms with Gasteiger partial charge in [-0.2, -0.15) is 0 Å². The van der Waals surface area contributed by atoms with Gasteiger partial charge in [0.25, 0.3) is 0 Å². The van der Waals surface area contributed by atoms with E-state index in [9.17, 15) is 0 Å². The number of hydrogen-bond donors (Lipinski definition) is 0. The van der Waals surface area contributed by atoms with Crippen LogP contribution in [0.5, 0.6) is 0 Å². The molecule has 2 rings (SSSR count). The Labute approximate surface area is 97.0 Å². The zero-order chi connectivity index (χ0) is 10.1. The van der Waals surface area contributed by atoms with Gasteiger partial charge in [-0.05, 0) is 49.4 Å². The first-order valence-electron chi connectivity index (χ1n) is 6.32. The summed E-state index contributed by atoms with van der Waals surface area (Å²) in [6, 6.07) is 0. The third-order valence-electron chi connectivity index (χ3n) is 4.73. The minimum atomic E-state index is 0.841. The van der Waals surface area contributed by atoms with E-state index in [2.05, 4.69) is 29.8 Å². The fourth-order valence-electron chi connectivity index (χ4n) is 3.45. The fraction of sp³-hybridized carbons (Fsp3) is 1.00. The van der Waals surface area contributed by atoms with Crippen molar-refractivity contribution in [2.75, 3.05) is 0 Å². The molecule has 0 bridgehead atoms. The monoisotopic (exact) mass is 258 g/mol. The molecule has 0 aromatic carbocycles. The molecule has 5 atom stereocenters. The Balaban J connectivity index is 1.92. The lowest BCUT2D eigenvalue weighted by Crippen LogP contribution is -2.28. The molecule has 14 heavy (non-hydrogen) atoms. The highest BCUT2D eigenvalue weighted by Gasteiger charge is 2.35. The smallest absolute Gasteiger partial charge is 0.0176 e. The van der Waals surface area contributed by atoms with Gasteiger partial charge in [-0.25, -0.2) is 0 Å². The number of hydrogen-bond acceptors (Lipinski definition) is 0. The molecular weight excluding hydrogens is 236 g/mol. The Morgan fingerprint density at radius 1 is 0.929 bits per heavy atom. The first kappa shape index (κ1) is 11.0. The molecule has 0 heterocycles. The minimum absolute atomic E-state index is 0.841. The molecule has 1 heteroatoms. The van der Waals surface area contributed by atoms with Gasteiger partial charge in [-0.1, -0.05) is 42.6 Å². The van der Waals surface area contributed by atoms with Crippen LogP contribution >= 0.6 is 15.9 Å². The van der Waals surface area contributed by atoms with Crippen LogP contribution in [0.3, 0.4) is 0 Å². The molecule has 0 radical (unpaired) electrons. The van der Waals surface area contributed by atoms with Crippen LogP contribution in [0.2, 0.25) is 0 Å². The van der Waals surface area contributed by atoms with Crippen LogP contribution in [0, 0.1) is 23.7 Å². The van der Waals surface area contributed by atoms with Crippen molar-refractivity contribution in [3.8, 4) is 0 Å². The van der Waals surface area contributed by atoms with Crippen LogP contribution < -0.4 is 0 Å². The van der Waals surface area contributed by atoms with Gasteiger partial charge in [-0.15, -0.1) is 0 Å². The zero-order valence-corrected chi connectivity index (χ0v) is 11.1. The third kappa shape index (κ3) is 2.18. The van der Waals surface area contributed by atoms with E-state index in [1.54, 1.807) is 0 Å². The molecule has 2 aliphatic carbocycles. The SMILES string of the molecule is CC1CCC(C2CCCC2Br)CC1C. The van der Waals surface area contributed by atoms with E-state index in [1.165, 1.54) is 38.5 Å². The Kier molecular flexibility index (Phi) is 3.57. The molecule has 0 saturated heterocycles. The van der Waals surface area contributed by atoms with Gasteiger partial charge in [0.2, 0.25) is 0 Å². The predicted molar refractivity (Wildman–Crippen MR) is 65.7 cm³/mol. The van der Waals surface area contributed by atoms with E-state index >= 15 is 0 Å². The summed E-state index contributed by atoms with van der Waals surface area (Å²) in [5.74, 6) is 3.98. The molecule has 2 saturated carbocycles. The summed E-state index contributed by atoms with van der Waals surface area (Å²) in [6.45, 7) is 4.89. The lowest BCUT2D eigenvalue weighted by molar-refractivity contribution is 0.161. The van der Waals surface area contributed by atoms with Crippen LogP contribution in [-0.2, 0) is 0 Å². The normalized spacial score (nSPS) is 49.5. The summed E-state index contributed by atoms with van der Waals surface area (Å²) in [7, 11) is 0. The first-order chi connectivity index (χ1) is 6.68. The van der Waals surface area contributed by atoms with Crippen molar-refractivity contribution in [3.05, 3.63) is 0 Å².